The van der Waals surface area contributed by atoms with Gasteiger partial charge < -0.3 is 5.73 Å². The molecule has 21 heavy (non-hydrogen) atoms. The number of piperidine rings is 1. The summed E-state index contributed by atoms with van der Waals surface area (Å²) in [5.74, 6) is 0.614. The minimum absolute atomic E-state index is 0.00539. The minimum atomic E-state index is -0.131. The third-order valence-electron chi connectivity index (χ3n) is 4.93. The van der Waals surface area contributed by atoms with Crippen LogP contribution in [0, 0.1) is 24.1 Å². The number of likely N-dealkylation sites (tertiary alicyclic amines) is 1. The number of nitrogens with two attached hydrogens (primary N) is 1. The molecule has 1 aromatic rings. The quantitative estimate of drug-likeness (QED) is 0.915. The Morgan fingerprint density at radius 2 is 1.90 bits per heavy atom. The van der Waals surface area contributed by atoms with E-state index in [9.17, 15) is 4.39 Å². The Balaban J connectivity index is 2.11. The zero-order valence-electron chi connectivity index (χ0n) is 13.8. The van der Waals surface area contributed by atoms with Crippen molar-refractivity contribution in [2.45, 2.75) is 46.6 Å². The SMILES string of the molecule is Cc1ccc(F)c(C(CN)N2CCC(C(C)(C)C)CC2)c1. The average molecular weight is 292 g/mol. The van der Waals surface area contributed by atoms with Crippen molar-refractivity contribution in [3.63, 3.8) is 0 Å². The standard InChI is InChI=1S/C18H29FN2/c1-13-5-6-16(19)15(11-13)17(12-20)21-9-7-14(8-10-21)18(2,3)4/h5-6,11,14,17H,7-10,12,20H2,1-4H3. The van der Waals surface area contributed by atoms with Crippen molar-refractivity contribution in [3.8, 4) is 0 Å². The lowest BCUT2D eigenvalue weighted by Gasteiger charge is -2.42. The number of hydrogen-bond donors (Lipinski definition) is 1. The highest BCUT2D eigenvalue weighted by molar-refractivity contribution is 5.27. The minimum Gasteiger partial charge on any atom is -0.329 e. The zero-order valence-corrected chi connectivity index (χ0v) is 13.8. The molecule has 1 unspecified atom stereocenters. The molecule has 0 radical (unpaired) electrons. The predicted molar refractivity (Wildman–Crippen MR) is 86.7 cm³/mol. The third-order valence-corrected chi connectivity index (χ3v) is 4.93. The maximum atomic E-state index is 14.1. The first-order valence-electron chi connectivity index (χ1n) is 8.03. The Morgan fingerprint density at radius 3 is 2.43 bits per heavy atom. The summed E-state index contributed by atoms with van der Waals surface area (Å²) in [7, 11) is 0. The van der Waals surface area contributed by atoms with E-state index in [0.717, 1.165) is 30.1 Å². The molecule has 2 N–H and O–H groups in total. The Morgan fingerprint density at radius 1 is 1.29 bits per heavy atom. The van der Waals surface area contributed by atoms with Gasteiger partial charge in [-0.25, -0.2) is 4.39 Å². The molecule has 1 heterocycles. The number of halogens is 1. The van der Waals surface area contributed by atoms with Crippen LogP contribution in [0.2, 0.25) is 0 Å². The predicted octanol–water partition coefficient (Wildman–Crippen LogP) is 3.89. The lowest BCUT2D eigenvalue weighted by Crippen LogP contribution is -2.42. The Kier molecular flexibility index (Phi) is 5.05. The second-order valence-electron chi connectivity index (χ2n) is 7.45. The summed E-state index contributed by atoms with van der Waals surface area (Å²) in [6.45, 7) is 11.4. The van der Waals surface area contributed by atoms with Crippen LogP contribution < -0.4 is 5.73 Å². The fraction of sp³-hybridized carbons (Fsp3) is 0.667. The van der Waals surface area contributed by atoms with Crippen LogP contribution in [0.4, 0.5) is 4.39 Å². The van der Waals surface area contributed by atoms with Crippen molar-refractivity contribution in [3.05, 3.63) is 35.1 Å². The topological polar surface area (TPSA) is 29.3 Å². The molecule has 1 aliphatic heterocycles. The van der Waals surface area contributed by atoms with E-state index in [1.54, 1.807) is 6.07 Å². The van der Waals surface area contributed by atoms with Gasteiger partial charge in [-0.05, 0) is 50.3 Å². The number of aryl methyl sites for hydroxylation is 1. The second-order valence-corrected chi connectivity index (χ2v) is 7.45. The van der Waals surface area contributed by atoms with Gasteiger partial charge in [0.15, 0.2) is 0 Å². The van der Waals surface area contributed by atoms with Gasteiger partial charge in [-0.2, -0.15) is 0 Å². The van der Waals surface area contributed by atoms with Gasteiger partial charge in [0.2, 0.25) is 0 Å². The first-order valence-corrected chi connectivity index (χ1v) is 8.03. The molecular formula is C18H29FN2. The summed E-state index contributed by atoms with van der Waals surface area (Å²) in [4.78, 5) is 2.36. The molecule has 0 bridgehead atoms. The Bertz CT molecular complexity index is 471. The molecule has 0 amide bonds. The highest BCUT2D eigenvalue weighted by Gasteiger charge is 2.32. The average Bonchev–Trinajstić information content (AvgIpc) is 2.43. The van der Waals surface area contributed by atoms with Crippen molar-refractivity contribution in [1.29, 1.82) is 0 Å². The molecule has 1 saturated heterocycles. The molecule has 2 nitrogen and oxygen atoms in total. The van der Waals surface area contributed by atoms with E-state index in [1.165, 1.54) is 12.8 Å². The van der Waals surface area contributed by atoms with Crippen LogP contribution in [0.5, 0.6) is 0 Å². The third kappa shape index (κ3) is 3.83. The van der Waals surface area contributed by atoms with E-state index in [1.807, 2.05) is 19.1 Å². The molecule has 2 rings (SSSR count). The lowest BCUT2D eigenvalue weighted by molar-refractivity contribution is 0.0835. The number of benzene rings is 1. The van der Waals surface area contributed by atoms with Gasteiger partial charge in [0.05, 0.1) is 0 Å². The molecule has 0 saturated carbocycles. The molecule has 1 atom stereocenters. The summed E-state index contributed by atoms with van der Waals surface area (Å²) in [5.41, 5.74) is 8.17. The van der Waals surface area contributed by atoms with Gasteiger partial charge in [-0.1, -0.05) is 38.5 Å². The summed E-state index contributed by atoms with van der Waals surface area (Å²) in [6, 6.07) is 5.33. The molecular weight excluding hydrogens is 263 g/mol. The van der Waals surface area contributed by atoms with Crippen molar-refractivity contribution in [2.75, 3.05) is 19.6 Å². The maximum Gasteiger partial charge on any atom is 0.128 e. The van der Waals surface area contributed by atoms with Crippen LogP contribution >= 0.6 is 0 Å². The molecule has 3 heteroatoms. The largest absolute Gasteiger partial charge is 0.329 e. The monoisotopic (exact) mass is 292 g/mol. The maximum absolute atomic E-state index is 14.1. The number of nitrogens with zero attached hydrogens (tertiary/aromatic N) is 1. The van der Waals surface area contributed by atoms with Crippen LogP contribution in [-0.4, -0.2) is 24.5 Å². The molecule has 1 aliphatic rings. The lowest BCUT2D eigenvalue weighted by atomic mass is 9.75. The van der Waals surface area contributed by atoms with Crippen LogP contribution in [-0.2, 0) is 0 Å². The van der Waals surface area contributed by atoms with Crippen LogP contribution in [0.1, 0.15) is 50.8 Å². The summed E-state index contributed by atoms with van der Waals surface area (Å²) in [6.07, 6.45) is 2.35. The Hall–Kier alpha value is -0.930. The zero-order chi connectivity index (χ0) is 15.6. The molecule has 0 aromatic heterocycles. The highest BCUT2D eigenvalue weighted by Crippen LogP contribution is 2.36. The van der Waals surface area contributed by atoms with Crippen molar-refractivity contribution >= 4 is 0 Å². The summed E-state index contributed by atoms with van der Waals surface area (Å²) in [5, 5.41) is 0. The molecule has 0 aliphatic carbocycles. The normalized spacial score (nSPS) is 19.7. The van der Waals surface area contributed by atoms with E-state index in [0.29, 0.717) is 12.0 Å². The van der Waals surface area contributed by atoms with Crippen molar-refractivity contribution < 1.29 is 4.39 Å². The van der Waals surface area contributed by atoms with Crippen molar-refractivity contribution in [2.24, 2.45) is 17.1 Å². The smallest absolute Gasteiger partial charge is 0.128 e. The Labute approximate surface area is 128 Å². The molecule has 1 aromatic carbocycles. The van der Waals surface area contributed by atoms with E-state index in [2.05, 4.69) is 25.7 Å². The van der Waals surface area contributed by atoms with Crippen molar-refractivity contribution in [1.82, 2.24) is 4.90 Å². The molecule has 1 fully saturated rings. The van der Waals surface area contributed by atoms with Gasteiger partial charge in [-0.15, -0.1) is 0 Å². The number of hydrogen-bond acceptors (Lipinski definition) is 2. The fourth-order valence-corrected chi connectivity index (χ4v) is 3.47. The van der Waals surface area contributed by atoms with Gasteiger partial charge in [0.1, 0.15) is 5.82 Å². The summed E-state index contributed by atoms with van der Waals surface area (Å²) < 4.78 is 14.1. The van der Waals surface area contributed by atoms with Crippen LogP contribution in [0.25, 0.3) is 0 Å². The van der Waals surface area contributed by atoms with Crippen LogP contribution in [0.15, 0.2) is 18.2 Å². The van der Waals surface area contributed by atoms with E-state index < -0.39 is 0 Å². The van der Waals surface area contributed by atoms with E-state index >= 15 is 0 Å². The van der Waals surface area contributed by atoms with Gasteiger partial charge in [-0.3, -0.25) is 4.90 Å². The first-order chi connectivity index (χ1) is 9.82. The van der Waals surface area contributed by atoms with Gasteiger partial charge >= 0.3 is 0 Å². The second kappa shape index (κ2) is 6.45. The van der Waals surface area contributed by atoms with E-state index in [4.69, 9.17) is 5.73 Å². The van der Waals surface area contributed by atoms with E-state index in [-0.39, 0.29) is 11.9 Å². The molecule has 118 valence electrons. The highest BCUT2D eigenvalue weighted by atomic mass is 19.1. The van der Waals surface area contributed by atoms with Crippen LogP contribution in [0.3, 0.4) is 0 Å². The summed E-state index contributed by atoms with van der Waals surface area (Å²) >= 11 is 0. The number of rotatable bonds is 3. The molecule has 0 spiro atoms. The van der Waals surface area contributed by atoms with Gasteiger partial charge in [0.25, 0.3) is 0 Å². The first kappa shape index (κ1) is 16.4. The fourth-order valence-electron chi connectivity index (χ4n) is 3.47. The van der Waals surface area contributed by atoms with Gasteiger partial charge in [0, 0.05) is 18.2 Å².